The minimum Gasteiger partial charge on any atom is -0.493 e. The van der Waals surface area contributed by atoms with Crippen molar-refractivity contribution < 1.29 is 4.74 Å². The van der Waals surface area contributed by atoms with Crippen molar-refractivity contribution in [1.82, 2.24) is 0 Å². The van der Waals surface area contributed by atoms with E-state index in [0.717, 1.165) is 31.7 Å². The summed E-state index contributed by atoms with van der Waals surface area (Å²) in [6.45, 7) is 8.11. The second-order valence-corrected chi connectivity index (χ2v) is 6.62. The Kier molecular flexibility index (Phi) is 7.33. The molecule has 0 saturated carbocycles. The lowest BCUT2D eigenvalue weighted by molar-refractivity contribution is 0.305. The van der Waals surface area contributed by atoms with Crippen LogP contribution in [-0.4, -0.2) is 13.2 Å². The van der Waals surface area contributed by atoms with Gasteiger partial charge in [0.15, 0.2) is 0 Å². The summed E-state index contributed by atoms with van der Waals surface area (Å²) in [4.78, 5) is 0. The summed E-state index contributed by atoms with van der Waals surface area (Å²) in [7, 11) is 0. The third-order valence-electron chi connectivity index (χ3n) is 4.57. The third-order valence-corrected chi connectivity index (χ3v) is 4.57. The van der Waals surface area contributed by atoms with Gasteiger partial charge in [0.1, 0.15) is 5.75 Å². The molecule has 0 amide bonds. The first-order valence-corrected chi connectivity index (χ1v) is 9.14. The number of benzene rings is 2. The van der Waals surface area contributed by atoms with Crippen LogP contribution in [0.4, 0.5) is 0 Å². The van der Waals surface area contributed by atoms with Crippen LogP contribution < -0.4 is 10.5 Å². The molecule has 0 unspecified atom stereocenters. The van der Waals surface area contributed by atoms with Crippen molar-refractivity contribution in [2.24, 2.45) is 5.73 Å². The molecule has 0 aliphatic heterocycles. The maximum Gasteiger partial charge on any atom is 0.127 e. The van der Waals surface area contributed by atoms with Crippen LogP contribution in [0.1, 0.15) is 48.8 Å². The SMILES string of the molecule is Cc1cccc(C)c1-c1c(C)cccc1OCCCCCCCN. The van der Waals surface area contributed by atoms with Crippen LogP contribution in [0.2, 0.25) is 0 Å². The quantitative estimate of drug-likeness (QED) is 0.612. The number of rotatable bonds is 9. The molecule has 0 aliphatic rings. The molecule has 0 spiro atoms. The summed E-state index contributed by atoms with van der Waals surface area (Å²) >= 11 is 0. The summed E-state index contributed by atoms with van der Waals surface area (Å²) in [5, 5.41) is 0. The molecule has 2 aromatic rings. The lowest BCUT2D eigenvalue weighted by Crippen LogP contribution is -2.02. The molecule has 2 nitrogen and oxygen atoms in total. The molecular formula is C22H31NO. The zero-order chi connectivity index (χ0) is 17.4. The van der Waals surface area contributed by atoms with Crippen LogP contribution in [-0.2, 0) is 0 Å². The van der Waals surface area contributed by atoms with E-state index in [-0.39, 0.29) is 0 Å². The average Bonchev–Trinajstić information content (AvgIpc) is 2.56. The smallest absolute Gasteiger partial charge is 0.127 e. The number of hydrogen-bond donors (Lipinski definition) is 1. The number of unbranched alkanes of at least 4 members (excludes halogenated alkanes) is 4. The van der Waals surface area contributed by atoms with Gasteiger partial charge in [-0.1, -0.05) is 49.6 Å². The van der Waals surface area contributed by atoms with Gasteiger partial charge in [0.2, 0.25) is 0 Å². The topological polar surface area (TPSA) is 35.2 Å². The number of aryl methyl sites for hydroxylation is 3. The average molecular weight is 325 g/mol. The van der Waals surface area contributed by atoms with Gasteiger partial charge in [0.25, 0.3) is 0 Å². The Balaban J connectivity index is 2.08. The molecule has 0 bridgehead atoms. The fraction of sp³-hybridized carbons (Fsp3) is 0.455. The van der Waals surface area contributed by atoms with Gasteiger partial charge in [-0.25, -0.2) is 0 Å². The predicted octanol–water partition coefficient (Wildman–Crippen LogP) is 5.57. The van der Waals surface area contributed by atoms with Crippen molar-refractivity contribution >= 4 is 0 Å². The van der Waals surface area contributed by atoms with Gasteiger partial charge < -0.3 is 10.5 Å². The van der Waals surface area contributed by atoms with Crippen LogP contribution in [0, 0.1) is 20.8 Å². The minimum atomic E-state index is 0.782. The molecule has 24 heavy (non-hydrogen) atoms. The number of ether oxygens (including phenoxy) is 1. The molecule has 0 atom stereocenters. The number of hydrogen-bond acceptors (Lipinski definition) is 2. The highest BCUT2D eigenvalue weighted by atomic mass is 16.5. The standard InChI is InChI=1S/C22H31NO/c1-17-11-9-12-18(2)21(17)22-19(3)13-10-14-20(22)24-16-8-6-4-5-7-15-23/h9-14H,4-8,15-16,23H2,1-3H3. The lowest BCUT2D eigenvalue weighted by Gasteiger charge is -2.18. The van der Waals surface area contributed by atoms with Gasteiger partial charge in [0.05, 0.1) is 6.61 Å². The highest BCUT2D eigenvalue weighted by Gasteiger charge is 2.13. The molecular weight excluding hydrogens is 294 g/mol. The molecule has 0 aliphatic carbocycles. The van der Waals surface area contributed by atoms with Crippen LogP contribution in [0.3, 0.4) is 0 Å². The number of nitrogens with two attached hydrogens (primary N) is 1. The van der Waals surface area contributed by atoms with Crippen molar-refractivity contribution in [3.8, 4) is 16.9 Å². The van der Waals surface area contributed by atoms with E-state index >= 15 is 0 Å². The molecule has 0 aromatic heterocycles. The normalized spacial score (nSPS) is 10.8. The van der Waals surface area contributed by atoms with Gasteiger partial charge in [-0.2, -0.15) is 0 Å². The van der Waals surface area contributed by atoms with Crippen molar-refractivity contribution in [2.75, 3.05) is 13.2 Å². The van der Waals surface area contributed by atoms with E-state index in [4.69, 9.17) is 10.5 Å². The van der Waals surface area contributed by atoms with Crippen LogP contribution in [0.5, 0.6) is 5.75 Å². The van der Waals surface area contributed by atoms with Gasteiger partial charge in [0, 0.05) is 5.56 Å². The summed E-state index contributed by atoms with van der Waals surface area (Å²) in [5.41, 5.74) is 12.0. The third kappa shape index (κ3) is 4.85. The largest absolute Gasteiger partial charge is 0.493 e. The van der Waals surface area contributed by atoms with Crippen molar-refractivity contribution in [3.63, 3.8) is 0 Å². The van der Waals surface area contributed by atoms with E-state index in [1.54, 1.807) is 0 Å². The molecule has 2 heteroatoms. The highest BCUT2D eigenvalue weighted by molar-refractivity contribution is 5.78. The highest BCUT2D eigenvalue weighted by Crippen LogP contribution is 2.37. The fourth-order valence-electron chi connectivity index (χ4n) is 3.25. The van der Waals surface area contributed by atoms with E-state index in [1.165, 1.54) is 47.1 Å². The maximum absolute atomic E-state index is 6.16. The summed E-state index contributed by atoms with van der Waals surface area (Å²) < 4.78 is 6.16. The van der Waals surface area contributed by atoms with Crippen LogP contribution in [0.25, 0.3) is 11.1 Å². The fourth-order valence-corrected chi connectivity index (χ4v) is 3.25. The van der Waals surface area contributed by atoms with Crippen molar-refractivity contribution in [2.45, 2.75) is 52.9 Å². The maximum atomic E-state index is 6.16. The summed E-state index contributed by atoms with van der Waals surface area (Å²) in [6.07, 6.45) is 5.93. The van der Waals surface area contributed by atoms with Gasteiger partial charge >= 0.3 is 0 Å². The Labute approximate surface area is 147 Å². The van der Waals surface area contributed by atoms with Crippen LogP contribution >= 0.6 is 0 Å². The lowest BCUT2D eigenvalue weighted by atomic mass is 9.92. The van der Waals surface area contributed by atoms with Crippen molar-refractivity contribution in [3.05, 3.63) is 53.1 Å². The molecule has 0 radical (unpaired) electrons. The zero-order valence-electron chi connectivity index (χ0n) is 15.4. The molecule has 0 fully saturated rings. The van der Waals surface area contributed by atoms with Crippen LogP contribution in [0.15, 0.2) is 36.4 Å². The Morgan fingerprint density at radius 1 is 0.708 bits per heavy atom. The second-order valence-electron chi connectivity index (χ2n) is 6.62. The molecule has 2 rings (SSSR count). The second kappa shape index (κ2) is 9.48. The predicted molar refractivity (Wildman–Crippen MR) is 104 cm³/mol. The van der Waals surface area contributed by atoms with E-state index in [2.05, 4.69) is 57.2 Å². The van der Waals surface area contributed by atoms with Gasteiger partial charge in [-0.05, 0) is 68.5 Å². The van der Waals surface area contributed by atoms with E-state index in [0.29, 0.717) is 0 Å². The summed E-state index contributed by atoms with van der Waals surface area (Å²) in [5.74, 6) is 1.01. The Morgan fingerprint density at radius 2 is 1.25 bits per heavy atom. The minimum absolute atomic E-state index is 0.782. The molecule has 0 heterocycles. The van der Waals surface area contributed by atoms with E-state index in [1.807, 2.05) is 0 Å². The monoisotopic (exact) mass is 325 g/mol. The molecule has 0 saturated heterocycles. The Bertz CT molecular complexity index is 628. The van der Waals surface area contributed by atoms with Gasteiger partial charge in [-0.3, -0.25) is 0 Å². The first kappa shape index (κ1) is 18.5. The Hall–Kier alpha value is -1.80. The van der Waals surface area contributed by atoms with E-state index < -0.39 is 0 Å². The Morgan fingerprint density at radius 3 is 1.92 bits per heavy atom. The molecule has 2 N–H and O–H groups in total. The molecule has 130 valence electrons. The van der Waals surface area contributed by atoms with Gasteiger partial charge in [-0.15, -0.1) is 0 Å². The van der Waals surface area contributed by atoms with Crippen molar-refractivity contribution in [1.29, 1.82) is 0 Å². The zero-order valence-corrected chi connectivity index (χ0v) is 15.4. The summed E-state index contributed by atoms with van der Waals surface area (Å²) in [6, 6.07) is 12.8. The first-order chi connectivity index (χ1) is 11.6. The first-order valence-electron chi connectivity index (χ1n) is 9.14. The van der Waals surface area contributed by atoms with E-state index in [9.17, 15) is 0 Å². The molecule has 2 aromatic carbocycles.